The summed E-state index contributed by atoms with van der Waals surface area (Å²) in [4.78, 5) is 0. The van der Waals surface area contributed by atoms with Crippen LogP contribution in [0.15, 0.2) is 24.3 Å². The third-order valence-corrected chi connectivity index (χ3v) is 7.31. The van der Waals surface area contributed by atoms with Crippen LogP contribution in [-0.2, 0) is 15.5 Å². The van der Waals surface area contributed by atoms with Gasteiger partial charge >= 0.3 is 8.60 Å². The van der Waals surface area contributed by atoms with Crippen molar-refractivity contribution < 1.29 is 13.6 Å². The van der Waals surface area contributed by atoms with Crippen molar-refractivity contribution in [1.29, 1.82) is 0 Å². The SMILES string of the molecule is CCCCCCCCc1ccc(OP(OCCCCCC(C)C)OCCCCCC(C)C)cc1. The van der Waals surface area contributed by atoms with E-state index < -0.39 is 8.60 Å². The fraction of sp³-hybridized carbons (Fsp3) is 0.800. The van der Waals surface area contributed by atoms with Gasteiger partial charge in [0.25, 0.3) is 0 Å². The van der Waals surface area contributed by atoms with E-state index in [2.05, 4.69) is 58.9 Å². The number of benzene rings is 1. The van der Waals surface area contributed by atoms with Crippen molar-refractivity contribution in [3.05, 3.63) is 29.8 Å². The minimum atomic E-state index is -1.33. The van der Waals surface area contributed by atoms with Crippen molar-refractivity contribution in [3.8, 4) is 5.75 Å². The minimum absolute atomic E-state index is 0.716. The Balaban J connectivity index is 2.39. The Kier molecular flexibility index (Phi) is 20.0. The molecule has 0 saturated carbocycles. The predicted octanol–water partition coefficient (Wildman–Crippen LogP) is 10.7. The van der Waals surface area contributed by atoms with Crippen molar-refractivity contribution in [3.63, 3.8) is 0 Å². The second-order valence-electron chi connectivity index (χ2n) is 10.6. The summed E-state index contributed by atoms with van der Waals surface area (Å²) >= 11 is 0. The second kappa shape index (κ2) is 21.6. The van der Waals surface area contributed by atoms with Crippen molar-refractivity contribution in [1.82, 2.24) is 0 Å². The molecule has 0 aromatic heterocycles. The number of hydrogen-bond donors (Lipinski definition) is 0. The quantitative estimate of drug-likeness (QED) is 0.112. The van der Waals surface area contributed by atoms with Gasteiger partial charge in [-0.25, -0.2) is 0 Å². The largest absolute Gasteiger partial charge is 0.427 e. The highest BCUT2D eigenvalue weighted by molar-refractivity contribution is 7.42. The maximum atomic E-state index is 6.15. The van der Waals surface area contributed by atoms with Gasteiger partial charge < -0.3 is 13.6 Å². The fourth-order valence-electron chi connectivity index (χ4n) is 3.94. The van der Waals surface area contributed by atoms with E-state index in [1.807, 2.05) is 0 Å². The van der Waals surface area contributed by atoms with Gasteiger partial charge in [-0.1, -0.05) is 117 Å². The molecule has 0 radical (unpaired) electrons. The molecule has 3 nitrogen and oxygen atoms in total. The molecule has 0 amide bonds. The van der Waals surface area contributed by atoms with E-state index >= 15 is 0 Å². The summed E-state index contributed by atoms with van der Waals surface area (Å²) in [6.07, 6.45) is 18.9. The molecular weight excluding hydrogens is 439 g/mol. The third-order valence-electron chi connectivity index (χ3n) is 6.17. The summed E-state index contributed by atoms with van der Waals surface area (Å²) in [5, 5.41) is 0. The van der Waals surface area contributed by atoms with E-state index in [1.54, 1.807) is 0 Å². The highest BCUT2D eigenvalue weighted by Gasteiger charge is 2.15. The van der Waals surface area contributed by atoms with Gasteiger partial charge in [-0.15, -0.1) is 0 Å². The lowest BCUT2D eigenvalue weighted by atomic mass is 10.1. The van der Waals surface area contributed by atoms with Gasteiger partial charge in [0, 0.05) is 0 Å². The summed E-state index contributed by atoms with van der Waals surface area (Å²) in [6, 6.07) is 8.57. The third kappa shape index (κ3) is 18.7. The van der Waals surface area contributed by atoms with Gasteiger partial charge in [-0.2, -0.15) is 0 Å². The normalized spacial score (nSPS) is 11.8. The average Bonchev–Trinajstić information content (AvgIpc) is 2.81. The molecule has 0 bridgehead atoms. The first-order valence-corrected chi connectivity index (χ1v) is 15.4. The summed E-state index contributed by atoms with van der Waals surface area (Å²) in [6.45, 7) is 12.9. The number of rotatable bonds is 23. The fourth-order valence-corrected chi connectivity index (χ4v) is 4.97. The van der Waals surface area contributed by atoms with Crippen molar-refractivity contribution in [2.24, 2.45) is 11.8 Å². The van der Waals surface area contributed by atoms with Crippen LogP contribution >= 0.6 is 8.60 Å². The minimum Gasteiger partial charge on any atom is -0.427 e. The molecule has 1 rings (SSSR count). The van der Waals surface area contributed by atoms with E-state index in [0.717, 1.165) is 36.8 Å². The van der Waals surface area contributed by atoms with Crippen LogP contribution in [0.1, 0.15) is 130 Å². The summed E-state index contributed by atoms with van der Waals surface area (Å²) in [7, 11) is -1.33. The molecule has 0 unspecified atom stereocenters. The molecule has 0 aliphatic carbocycles. The van der Waals surface area contributed by atoms with Gasteiger partial charge in [-0.3, -0.25) is 0 Å². The topological polar surface area (TPSA) is 27.7 Å². The molecule has 0 N–H and O–H groups in total. The maximum Gasteiger partial charge on any atom is 0.397 e. The zero-order valence-corrected chi connectivity index (χ0v) is 24.1. The first-order chi connectivity index (χ1) is 16.5. The van der Waals surface area contributed by atoms with Crippen molar-refractivity contribution >= 4 is 8.60 Å². The number of aryl methyl sites for hydroxylation is 1. The van der Waals surface area contributed by atoms with Crippen LogP contribution in [0.5, 0.6) is 5.75 Å². The Morgan fingerprint density at radius 3 is 1.65 bits per heavy atom. The Labute approximate surface area is 213 Å². The molecule has 1 aromatic rings. The smallest absolute Gasteiger partial charge is 0.397 e. The molecule has 0 atom stereocenters. The van der Waals surface area contributed by atoms with Crippen LogP contribution in [-0.4, -0.2) is 13.2 Å². The van der Waals surface area contributed by atoms with Crippen LogP contribution in [0.3, 0.4) is 0 Å². The highest BCUT2D eigenvalue weighted by atomic mass is 31.2. The average molecular weight is 495 g/mol. The Morgan fingerprint density at radius 1 is 0.618 bits per heavy atom. The lowest BCUT2D eigenvalue weighted by Crippen LogP contribution is -2.01. The summed E-state index contributed by atoms with van der Waals surface area (Å²) in [5.74, 6) is 2.42. The molecule has 0 fully saturated rings. The molecule has 0 heterocycles. The molecule has 0 spiro atoms. The number of hydrogen-bond acceptors (Lipinski definition) is 3. The molecule has 34 heavy (non-hydrogen) atoms. The molecule has 198 valence electrons. The predicted molar refractivity (Wildman–Crippen MR) is 150 cm³/mol. The first-order valence-electron chi connectivity index (χ1n) is 14.3. The Bertz CT molecular complexity index is 539. The van der Waals surface area contributed by atoms with Crippen LogP contribution < -0.4 is 4.52 Å². The van der Waals surface area contributed by atoms with Crippen LogP contribution in [0, 0.1) is 11.8 Å². The van der Waals surface area contributed by atoms with Gasteiger partial charge in [-0.05, 0) is 55.2 Å². The first kappa shape index (κ1) is 31.4. The Hall–Kier alpha value is -0.630. The highest BCUT2D eigenvalue weighted by Crippen LogP contribution is 2.41. The zero-order valence-electron chi connectivity index (χ0n) is 23.2. The lowest BCUT2D eigenvalue weighted by Gasteiger charge is -2.18. The molecule has 0 aliphatic heterocycles. The molecule has 0 saturated heterocycles. The molecule has 4 heteroatoms. The summed E-state index contributed by atoms with van der Waals surface area (Å²) in [5.41, 5.74) is 1.39. The molecule has 1 aromatic carbocycles. The lowest BCUT2D eigenvalue weighted by molar-refractivity contribution is 0.198. The monoisotopic (exact) mass is 494 g/mol. The van der Waals surface area contributed by atoms with E-state index in [1.165, 1.54) is 82.6 Å². The van der Waals surface area contributed by atoms with E-state index in [0.29, 0.717) is 13.2 Å². The van der Waals surface area contributed by atoms with E-state index in [4.69, 9.17) is 13.6 Å². The zero-order chi connectivity index (χ0) is 24.9. The molecule has 0 aliphatic rings. The Morgan fingerprint density at radius 2 is 1.12 bits per heavy atom. The second-order valence-corrected chi connectivity index (χ2v) is 11.8. The van der Waals surface area contributed by atoms with E-state index in [9.17, 15) is 0 Å². The van der Waals surface area contributed by atoms with Gasteiger partial charge in [0.15, 0.2) is 0 Å². The van der Waals surface area contributed by atoms with Crippen molar-refractivity contribution in [2.75, 3.05) is 13.2 Å². The van der Waals surface area contributed by atoms with Crippen LogP contribution in [0.25, 0.3) is 0 Å². The van der Waals surface area contributed by atoms with Crippen LogP contribution in [0.2, 0.25) is 0 Å². The van der Waals surface area contributed by atoms with Crippen molar-refractivity contribution in [2.45, 2.75) is 131 Å². The molecular formula is C30H55O3P. The standard InChI is InChI=1S/C30H55O3P/c1-6-7-8-9-10-15-20-29-21-23-30(24-22-29)33-34(31-25-16-11-13-18-27(2)3)32-26-17-12-14-19-28(4)5/h21-24,27-28H,6-20,25-26H2,1-5H3. The van der Waals surface area contributed by atoms with Crippen LogP contribution in [0.4, 0.5) is 0 Å². The number of unbranched alkanes of at least 4 members (excludes halogenated alkanes) is 9. The van der Waals surface area contributed by atoms with E-state index in [-0.39, 0.29) is 0 Å². The van der Waals surface area contributed by atoms with Gasteiger partial charge in [0.2, 0.25) is 0 Å². The summed E-state index contributed by atoms with van der Waals surface area (Å²) < 4.78 is 18.3. The van der Waals surface area contributed by atoms with Gasteiger partial charge in [0.1, 0.15) is 5.75 Å². The van der Waals surface area contributed by atoms with Gasteiger partial charge in [0.05, 0.1) is 13.2 Å². The maximum absolute atomic E-state index is 6.15.